The highest BCUT2D eigenvalue weighted by Crippen LogP contribution is 2.28. The van der Waals surface area contributed by atoms with Gasteiger partial charge in [-0.25, -0.2) is 4.98 Å². The Morgan fingerprint density at radius 1 is 1.25 bits per heavy atom. The van der Waals surface area contributed by atoms with Gasteiger partial charge in [-0.2, -0.15) is 10.2 Å². The lowest BCUT2D eigenvalue weighted by atomic mass is 10.1. The van der Waals surface area contributed by atoms with Crippen molar-refractivity contribution in [3.8, 4) is 28.4 Å². The normalized spacial score (nSPS) is 13.5. The second-order valence-electron chi connectivity index (χ2n) is 6.66. The molecule has 4 N–H and O–H groups in total. The number of carbonyl (C=O) groups is 1. The van der Waals surface area contributed by atoms with Crippen LogP contribution in [0, 0.1) is 0 Å². The van der Waals surface area contributed by atoms with Gasteiger partial charge in [-0.05, 0) is 18.2 Å². The highest BCUT2D eigenvalue weighted by Gasteiger charge is 2.26. The van der Waals surface area contributed by atoms with Gasteiger partial charge in [-0.1, -0.05) is 12.1 Å². The standard InChI is InChI=1S/C19H17N7O2/c27-17-4-2-1-3-12(17)14-7-15(25-24-14)19(28)26-6-5-13-16(10-26)23-18(22-13)11-8-20-21-9-11/h1-4,7-9,27H,5-6,10H2,(H,20,21)(H,22,23)(H,24,25). The molecule has 0 atom stereocenters. The third-order valence-electron chi connectivity index (χ3n) is 4.88. The van der Waals surface area contributed by atoms with Crippen LogP contribution >= 0.6 is 0 Å². The third kappa shape index (κ3) is 2.73. The molecule has 28 heavy (non-hydrogen) atoms. The zero-order valence-electron chi connectivity index (χ0n) is 14.8. The number of aromatic hydroxyl groups is 1. The van der Waals surface area contributed by atoms with Gasteiger partial charge in [-0.3, -0.25) is 15.0 Å². The number of carbonyl (C=O) groups excluding carboxylic acids is 1. The maximum absolute atomic E-state index is 12.9. The minimum absolute atomic E-state index is 0.125. The fourth-order valence-corrected chi connectivity index (χ4v) is 3.41. The predicted octanol–water partition coefficient (Wildman–Crippen LogP) is 2.09. The van der Waals surface area contributed by atoms with Crippen molar-refractivity contribution in [3.63, 3.8) is 0 Å². The summed E-state index contributed by atoms with van der Waals surface area (Å²) in [6, 6.07) is 8.57. The Balaban J connectivity index is 1.37. The molecule has 1 aliphatic rings. The van der Waals surface area contributed by atoms with Gasteiger partial charge in [0.2, 0.25) is 0 Å². The first-order valence-corrected chi connectivity index (χ1v) is 8.89. The number of para-hydroxylation sites is 1. The molecule has 3 aromatic heterocycles. The average molecular weight is 375 g/mol. The van der Waals surface area contributed by atoms with Crippen LogP contribution in [0.3, 0.4) is 0 Å². The smallest absolute Gasteiger partial charge is 0.272 e. The van der Waals surface area contributed by atoms with E-state index in [1.807, 2.05) is 6.07 Å². The lowest BCUT2D eigenvalue weighted by molar-refractivity contribution is 0.0726. The second kappa shape index (κ2) is 6.38. The minimum Gasteiger partial charge on any atom is -0.507 e. The molecule has 9 nitrogen and oxygen atoms in total. The number of benzene rings is 1. The van der Waals surface area contributed by atoms with E-state index >= 15 is 0 Å². The Labute approximate surface area is 159 Å². The molecule has 0 fully saturated rings. The number of H-pyrrole nitrogens is 3. The molecule has 0 bridgehead atoms. The van der Waals surface area contributed by atoms with E-state index in [4.69, 9.17) is 0 Å². The molecular formula is C19H17N7O2. The van der Waals surface area contributed by atoms with Crippen LogP contribution in [0.2, 0.25) is 0 Å². The number of aromatic nitrogens is 6. The molecule has 5 rings (SSSR count). The number of hydrogen-bond acceptors (Lipinski definition) is 5. The van der Waals surface area contributed by atoms with Gasteiger partial charge in [-0.15, -0.1) is 0 Å². The molecule has 4 aromatic rings. The summed E-state index contributed by atoms with van der Waals surface area (Å²) in [6.45, 7) is 1.02. The number of nitrogens with one attached hydrogen (secondary N) is 3. The molecule has 0 saturated heterocycles. The highest BCUT2D eigenvalue weighted by atomic mass is 16.3. The van der Waals surface area contributed by atoms with Crippen molar-refractivity contribution in [2.75, 3.05) is 6.54 Å². The molecular weight excluding hydrogens is 358 g/mol. The van der Waals surface area contributed by atoms with Crippen molar-refractivity contribution in [3.05, 3.63) is 59.8 Å². The quantitative estimate of drug-likeness (QED) is 0.436. The number of phenolic OH excluding ortho intramolecular Hbond substituents is 1. The summed E-state index contributed by atoms with van der Waals surface area (Å²) in [4.78, 5) is 22.6. The van der Waals surface area contributed by atoms with Crippen LogP contribution in [-0.2, 0) is 13.0 Å². The number of aromatic amines is 3. The Kier molecular flexibility index (Phi) is 3.71. The zero-order chi connectivity index (χ0) is 19.1. The monoisotopic (exact) mass is 375 g/mol. The molecule has 0 saturated carbocycles. The average Bonchev–Trinajstić information content (AvgIpc) is 3.47. The Bertz CT molecular complexity index is 1140. The highest BCUT2D eigenvalue weighted by molar-refractivity contribution is 5.93. The van der Waals surface area contributed by atoms with Crippen molar-refractivity contribution in [1.29, 1.82) is 0 Å². The first-order valence-electron chi connectivity index (χ1n) is 8.89. The van der Waals surface area contributed by atoms with Crippen molar-refractivity contribution in [2.45, 2.75) is 13.0 Å². The number of phenols is 1. The summed E-state index contributed by atoms with van der Waals surface area (Å²) >= 11 is 0. The Morgan fingerprint density at radius 2 is 2.14 bits per heavy atom. The van der Waals surface area contributed by atoms with Crippen molar-refractivity contribution in [2.24, 2.45) is 0 Å². The van der Waals surface area contributed by atoms with Crippen molar-refractivity contribution >= 4 is 5.91 Å². The van der Waals surface area contributed by atoms with E-state index in [1.54, 1.807) is 41.6 Å². The summed E-state index contributed by atoms with van der Waals surface area (Å²) < 4.78 is 0. The van der Waals surface area contributed by atoms with E-state index in [2.05, 4.69) is 30.4 Å². The van der Waals surface area contributed by atoms with E-state index < -0.39 is 0 Å². The van der Waals surface area contributed by atoms with Gasteiger partial charge in [0.15, 0.2) is 0 Å². The lowest BCUT2D eigenvalue weighted by Crippen LogP contribution is -2.36. The number of nitrogens with zero attached hydrogens (tertiary/aromatic N) is 4. The van der Waals surface area contributed by atoms with Gasteiger partial charge in [0, 0.05) is 24.7 Å². The molecule has 0 unspecified atom stereocenters. The molecule has 1 aliphatic heterocycles. The largest absolute Gasteiger partial charge is 0.507 e. The van der Waals surface area contributed by atoms with Gasteiger partial charge in [0.25, 0.3) is 5.91 Å². The van der Waals surface area contributed by atoms with Crippen LogP contribution < -0.4 is 0 Å². The molecule has 0 aliphatic carbocycles. The van der Waals surface area contributed by atoms with E-state index in [9.17, 15) is 9.90 Å². The number of rotatable bonds is 3. The van der Waals surface area contributed by atoms with Gasteiger partial charge in [0.1, 0.15) is 17.3 Å². The molecule has 140 valence electrons. The number of fused-ring (bicyclic) bond motifs is 1. The summed E-state index contributed by atoms with van der Waals surface area (Å²) in [5.74, 6) is 0.732. The number of hydrogen-bond donors (Lipinski definition) is 4. The van der Waals surface area contributed by atoms with Gasteiger partial charge < -0.3 is 15.0 Å². The molecule has 9 heteroatoms. The number of amides is 1. The molecule has 1 amide bonds. The second-order valence-corrected chi connectivity index (χ2v) is 6.66. The first kappa shape index (κ1) is 16.3. The molecule has 0 spiro atoms. The fraction of sp³-hybridized carbons (Fsp3) is 0.158. The maximum atomic E-state index is 12.9. The maximum Gasteiger partial charge on any atom is 0.272 e. The van der Waals surface area contributed by atoms with Crippen LogP contribution in [0.15, 0.2) is 42.7 Å². The molecule has 1 aromatic carbocycles. The fourth-order valence-electron chi connectivity index (χ4n) is 3.41. The zero-order valence-corrected chi connectivity index (χ0v) is 14.8. The third-order valence-corrected chi connectivity index (χ3v) is 4.88. The Morgan fingerprint density at radius 3 is 2.96 bits per heavy atom. The van der Waals surface area contributed by atoms with Crippen LogP contribution in [0.4, 0.5) is 0 Å². The van der Waals surface area contributed by atoms with Crippen LogP contribution in [0.25, 0.3) is 22.6 Å². The Hall–Kier alpha value is -3.88. The molecule has 4 heterocycles. The first-order chi connectivity index (χ1) is 13.7. The van der Waals surface area contributed by atoms with Gasteiger partial charge in [0.05, 0.1) is 35.4 Å². The van der Waals surface area contributed by atoms with Crippen LogP contribution in [0.5, 0.6) is 5.75 Å². The summed E-state index contributed by atoms with van der Waals surface area (Å²) in [5.41, 5.74) is 4.28. The van der Waals surface area contributed by atoms with Crippen LogP contribution in [-0.4, -0.2) is 52.8 Å². The summed E-state index contributed by atoms with van der Waals surface area (Å²) in [6.07, 6.45) is 4.16. The topological polar surface area (TPSA) is 127 Å². The van der Waals surface area contributed by atoms with E-state index in [0.717, 1.165) is 22.8 Å². The predicted molar refractivity (Wildman–Crippen MR) is 100 cm³/mol. The SMILES string of the molecule is O=C(c1cc(-c2ccccc2O)n[nH]1)N1CCc2nc(-c3cn[nH]c3)[nH]c2C1. The van der Waals surface area contributed by atoms with E-state index in [-0.39, 0.29) is 11.7 Å². The van der Waals surface area contributed by atoms with Crippen molar-refractivity contribution < 1.29 is 9.90 Å². The van der Waals surface area contributed by atoms with Crippen molar-refractivity contribution in [1.82, 2.24) is 35.3 Å². The summed E-state index contributed by atoms with van der Waals surface area (Å²) in [5, 5.41) is 23.7. The van der Waals surface area contributed by atoms with E-state index in [1.165, 1.54) is 0 Å². The summed E-state index contributed by atoms with van der Waals surface area (Å²) in [7, 11) is 0. The van der Waals surface area contributed by atoms with Gasteiger partial charge >= 0.3 is 0 Å². The number of imidazole rings is 1. The van der Waals surface area contributed by atoms with Crippen LogP contribution in [0.1, 0.15) is 21.9 Å². The molecule has 0 radical (unpaired) electrons. The minimum atomic E-state index is -0.140. The van der Waals surface area contributed by atoms with E-state index in [0.29, 0.717) is 36.5 Å². The lowest BCUT2D eigenvalue weighted by Gasteiger charge is -2.25.